The number of carboxylic acids is 1. The number of anilines is 1. The number of carbonyl (C=O) groups is 3. The lowest BCUT2D eigenvalue weighted by atomic mass is 10.0. The SMILES string of the molecule is CCN(CCC(=O)O)C(=O)CN1C(=O)CCc2ccccc21. The predicted molar refractivity (Wildman–Crippen MR) is 81.6 cm³/mol. The number of benzene rings is 1. The van der Waals surface area contributed by atoms with Crippen LogP contribution >= 0.6 is 0 Å². The first-order valence-electron chi connectivity index (χ1n) is 7.40. The van der Waals surface area contributed by atoms with Crippen molar-refractivity contribution in [3.8, 4) is 0 Å². The van der Waals surface area contributed by atoms with Crippen LogP contribution in [0.15, 0.2) is 24.3 Å². The Labute approximate surface area is 129 Å². The van der Waals surface area contributed by atoms with Crippen LogP contribution in [-0.2, 0) is 20.8 Å². The molecule has 0 atom stereocenters. The summed E-state index contributed by atoms with van der Waals surface area (Å²) in [5.41, 5.74) is 1.84. The first kappa shape index (κ1) is 16.0. The van der Waals surface area contributed by atoms with Gasteiger partial charge in [0.05, 0.1) is 6.42 Å². The van der Waals surface area contributed by atoms with Crippen LogP contribution in [0.1, 0.15) is 25.3 Å². The lowest BCUT2D eigenvalue weighted by molar-refractivity contribution is -0.138. The largest absolute Gasteiger partial charge is 0.481 e. The summed E-state index contributed by atoms with van der Waals surface area (Å²) < 4.78 is 0. The summed E-state index contributed by atoms with van der Waals surface area (Å²) in [6.07, 6.45) is 0.992. The molecule has 0 aliphatic carbocycles. The molecule has 1 aromatic carbocycles. The van der Waals surface area contributed by atoms with E-state index in [0.29, 0.717) is 19.4 Å². The normalized spacial score (nSPS) is 13.7. The molecule has 2 rings (SSSR count). The maximum Gasteiger partial charge on any atom is 0.305 e. The Balaban J connectivity index is 2.10. The zero-order valence-electron chi connectivity index (χ0n) is 12.6. The molecule has 1 heterocycles. The van der Waals surface area contributed by atoms with Gasteiger partial charge in [0.2, 0.25) is 11.8 Å². The number of carboxylic acid groups (broad SMARTS) is 1. The third kappa shape index (κ3) is 3.63. The highest BCUT2D eigenvalue weighted by molar-refractivity contribution is 6.01. The fraction of sp³-hybridized carbons (Fsp3) is 0.438. The van der Waals surface area contributed by atoms with Crippen LogP contribution in [0, 0.1) is 0 Å². The number of likely N-dealkylation sites (N-methyl/N-ethyl adjacent to an activating group) is 1. The monoisotopic (exact) mass is 304 g/mol. The lowest BCUT2D eigenvalue weighted by Gasteiger charge is -2.31. The quantitative estimate of drug-likeness (QED) is 0.859. The smallest absolute Gasteiger partial charge is 0.305 e. The molecule has 6 heteroatoms. The highest BCUT2D eigenvalue weighted by Crippen LogP contribution is 2.27. The molecular formula is C16H20N2O4. The van der Waals surface area contributed by atoms with E-state index in [1.54, 1.807) is 6.92 Å². The second-order valence-electron chi connectivity index (χ2n) is 5.23. The van der Waals surface area contributed by atoms with Crippen molar-refractivity contribution < 1.29 is 19.5 Å². The molecule has 118 valence electrons. The van der Waals surface area contributed by atoms with Crippen molar-refractivity contribution in [2.75, 3.05) is 24.5 Å². The lowest BCUT2D eigenvalue weighted by Crippen LogP contribution is -2.45. The van der Waals surface area contributed by atoms with E-state index in [9.17, 15) is 14.4 Å². The molecule has 1 N–H and O–H groups in total. The molecule has 0 bridgehead atoms. The van der Waals surface area contributed by atoms with E-state index in [1.165, 1.54) is 9.80 Å². The summed E-state index contributed by atoms with van der Waals surface area (Å²) in [6, 6.07) is 7.56. The summed E-state index contributed by atoms with van der Waals surface area (Å²) >= 11 is 0. The fourth-order valence-corrected chi connectivity index (χ4v) is 2.59. The number of hydrogen-bond acceptors (Lipinski definition) is 3. The van der Waals surface area contributed by atoms with Gasteiger partial charge in [-0.15, -0.1) is 0 Å². The Bertz CT molecular complexity index is 585. The number of fused-ring (bicyclic) bond motifs is 1. The summed E-state index contributed by atoms with van der Waals surface area (Å²) in [7, 11) is 0. The van der Waals surface area contributed by atoms with Crippen LogP contribution < -0.4 is 4.90 Å². The Morgan fingerprint density at radius 3 is 2.68 bits per heavy atom. The average Bonchev–Trinajstić information content (AvgIpc) is 2.50. The first-order valence-corrected chi connectivity index (χ1v) is 7.40. The molecule has 0 saturated heterocycles. The van der Waals surface area contributed by atoms with E-state index in [1.807, 2.05) is 24.3 Å². The minimum Gasteiger partial charge on any atom is -0.481 e. The molecule has 0 aromatic heterocycles. The van der Waals surface area contributed by atoms with Crippen molar-refractivity contribution >= 4 is 23.5 Å². The van der Waals surface area contributed by atoms with E-state index < -0.39 is 5.97 Å². The molecule has 1 aliphatic rings. The van der Waals surface area contributed by atoms with Crippen molar-refractivity contribution in [1.82, 2.24) is 4.90 Å². The molecular weight excluding hydrogens is 284 g/mol. The Hall–Kier alpha value is -2.37. The van der Waals surface area contributed by atoms with E-state index in [-0.39, 0.29) is 31.3 Å². The molecule has 0 saturated carbocycles. The van der Waals surface area contributed by atoms with Crippen molar-refractivity contribution in [2.45, 2.75) is 26.2 Å². The van der Waals surface area contributed by atoms with E-state index >= 15 is 0 Å². The molecule has 6 nitrogen and oxygen atoms in total. The number of amides is 2. The Kier molecular flexibility index (Phi) is 5.14. The van der Waals surface area contributed by atoms with Gasteiger partial charge >= 0.3 is 5.97 Å². The zero-order chi connectivity index (χ0) is 16.1. The number of carbonyl (C=O) groups excluding carboxylic acids is 2. The third-order valence-corrected chi connectivity index (χ3v) is 3.82. The topological polar surface area (TPSA) is 77.9 Å². The highest BCUT2D eigenvalue weighted by atomic mass is 16.4. The Morgan fingerprint density at radius 2 is 2.00 bits per heavy atom. The minimum atomic E-state index is -0.939. The van der Waals surface area contributed by atoms with Crippen LogP contribution in [0.4, 0.5) is 5.69 Å². The molecule has 1 aliphatic heterocycles. The molecule has 0 spiro atoms. The number of aryl methyl sites for hydroxylation is 1. The highest BCUT2D eigenvalue weighted by Gasteiger charge is 2.27. The van der Waals surface area contributed by atoms with Crippen LogP contribution in [0.5, 0.6) is 0 Å². The molecule has 1 aromatic rings. The number of aliphatic carboxylic acids is 1. The summed E-state index contributed by atoms with van der Waals surface area (Å²) in [4.78, 5) is 38.1. The predicted octanol–water partition coefficient (Wildman–Crippen LogP) is 1.29. The van der Waals surface area contributed by atoms with Crippen LogP contribution in [-0.4, -0.2) is 47.4 Å². The second-order valence-corrected chi connectivity index (χ2v) is 5.23. The molecule has 0 radical (unpaired) electrons. The van der Waals surface area contributed by atoms with Gasteiger partial charge in [-0.2, -0.15) is 0 Å². The second kappa shape index (κ2) is 7.06. The number of rotatable bonds is 6. The molecule has 2 amide bonds. The minimum absolute atomic E-state index is 0.0384. The van der Waals surface area contributed by atoms with Gasteiger partial charge in [-0.25, -0.2) is 0 Å². The van der Waals surface area contributed by atoms with Crippen LogP contribution in [0.25, 0.3) is 0 Å². The van der Waals surface area contributed by atoms with E-state index in [4.69, 9.17) is 5.11 Å². The van der Waals surface area contributed by atoms with Gasteiger partial charge in [0.15, 0.2) is 0 Å². The number of hydrogen-bond donors (Lipinski definition) is 1. The van der Waals surface area contributed by atoms with Crippen LogP contribution in [0.2, 0.25) is 0 Å². The molecule has 22 heavy (non-hydrogen) atoms. The first-order chi connectivity index (χ1) is 10.5. The van der Waals surface area contributed by atoms with Crippen molar-refractivity contribution in [3.63, 3.8) is 0 Å². The maximum absolute atomic E-state index is 12.3. The van der Waals surface area contributed by atoms with Crippen molar-refractivity contribution in [3.05, 3.63) is 29.8 Å². The maximum atomic E-state index is 12.3. The van der Waals surface area contributed by atoms with Gasteiger partial charge < -0.3 is 14.9 Å². The van der Waals surface area contributed by atoms with Gasteiger partial charge in [-0.3, -0.25) is 14.4 Å². The van der Waals surface area contributed by atoms with Gasteiger partial charge in [-0.05, 0) is 25.0 Å². The van der Waals surface area contributed by atoms with E-state index in [2.05, 4.69) is 0 Å². The van der Waals surface area contributed by atoms with Crippen LogP contribution in [0.3, 0.4) is 0 Å². The van der Waals surface area contributed by atoms with Gasteiger partial charge in [0.1, 0.15) is 6.54 Å². The van der Waals surface area contributed by atoms with Crippen molar-refractivity contribution in [2.24, 2.45) is 0 Å². The Morgan fingerprint density at radius 1 is 1.27 bits per heavy atom. The van der Waals surface area contributed by atoms with Gasteiger partial charge in [-0.1, -0.05) is 18.2 Å². The third-order valence-electron chi connectivity index (χ3n) is 3.82. The van der Waals surface area contributed by atoms with E-state index in [0.717, 1.165) is 11.3 Å². The number of para-hydroxylation sites is 1. The van der Waals surface area contributed by atoms with Crippen molar-refractivity contribution in [1.29, 1.82) is 0 Å². The number of nitrogens with zero attached hydrogens (tertiary/aromatic N) is 2. The average molecular weight is 304 g/mol. The molecule has 0 unspecified atom stereocenters. The summed E-state index contributed by atoms with van der Waals surface area (Å²) in [6.45, 7) is 2.35. The molecule has 0 fully saturated rings. The fourth-order valence-electron chi connectivity index (χ4n) is 2.59. The summed E-state index contributed by atoms with van der Waals surface area (Å²) in [5.74, 6) is -1.24. The van der Waals surface area contributed by atoms with Gasteiger partial charge in [0.25, 0.3) is 0 Å². The standard InChI is InChI=1S/C16H20N2O4/c1-2-17(10-9-16(21)22)15(20)11-18-13-6-4-3-5-12(13)7-8-14(18)19/h3-6H,2,7-11H2,1H3,(H,21,22). The zero-order valence-corrected chi connectivity index (χ0v) is 12.6. The van der Waals surface area contributed by atoms with Gasteiger partial charge in [0, 0.05) is 25.2 Å². The summed E-state index contributed by atoms with van der Waals surface area (Å²) in [5, 5.41) is 8.73.